The lowest BCUT2D eigenvalue weighted by molar-refractivity contribution is -0.384. The molecule has 0 bridgehead atoms. The Morgan fingerprint density at radius 2 is 2.32 bits per heavy atom. The summed E-state index contributed by atoms with van der Waals surface area (Å²) in [4.78, 5) is 24.6. The van der Waals surface area contributed by atoms with Gasteiger partial charge in [-0.2, -0.15) is 5.26 Å². The van der Waals surface area contributed by atoms with Crippen molar-refractivity contribution in [3.8, 4) is 6.07 Å². The highest BCUT2D eigenvalue weighted by atomic mass is 16.6. The first kappa shape index (κ1) is 14.4. The van der Waals surface area contributed by atoms with E-state index < -0.39 is 4.92 Å². The molecule has 0 aliphatic rings. The summed E-state index contributed by atoms with van der Waals surface area (Å²) in [6, 6.07) is 3.04. The number of carbonyl (C=O) groups excluding carboxylic acids is 1. The highest BCUT2D eigenvalue weighted by Crippen LogP contribution is 2.25. The number of pyridine rings is 1. The highest BCUT2D eigenvalue weighted by molar-refractivity contribution is 5.73. The van der Waals surface area contributed by atoms with Crippen molar-refractivity contribution in [2.24, 2.45) is 5.73 Å². The van der Waals surface area contributed by atoms with Gasteiger partial charge in [-0.25, -0.2) is 4.98 Å². The minimum Gasteiger partial charge on any atom is -0.370 e. The van der Waals surface area contributed by atoms with Crippen molar-refractivity contribution in [1.29, 1.82) is 5.26 Å². The predicted octanol–water partition coefficient (Wildman–Crippen LogP) is 0.929. The Labute approximate surface area is 109 Å². The van der Waals surface area contributed by atoms with Crippen LogP contribution in [0.15, 0.2) is 12.3 Å². The van der Waals surface area contributed by atoms with Gasteiger partial charge in [0.05, 0.1) is 4.92 Å². The van der Waals surface area contributed by atoms with Crippen LogP contribution >= 0.6 is 0 Å². The molecule has 0 aromatic carbocycles. The molecular formula is C11H13N5O3. The number of unbranched alkanes of at least 4 members (excludes halogenated alkanes) is 1. The number of anilines is 1. The van der Waals surface area contributed by atoms with E-state index in [0.717, 1.165) is 0 Å². The second-order valence-corrected chi connectivity index (χ2v) is 3.77. The Morgan fingerprint density at radius 3 is 2.89 bits per heavy atom. The van der Waals surface area contributed by atoms with Crippen molar-refractivity contribution in [3.63, 3.8) is 0 Å². The summed E-state index contributed by atoms with van der Waals surface area (Å²) >= 11 is 0. The molecule has 0 spiro atoms. The first-order chi connectivity index (χ1) is 9.06. The summed E-state index contributed by atoms with van der Waals surface area (Å²) in [5.41, 5.74) is 4.62. The van der Waals surface area contributed by atoms with Crippen molar-refractivity contribution in [1.82, 2.24) is 4.98 Å². The molecule has 19 heavy (non-hydrogen) atoms. The Bertz CT molecular complexity index is 524. The minimum atomic E-state index is -0.642. The molecule has 0 saturated carbocycles. The van der Waals surface area contributed by atoms with E-state index in [1.165, 1.54) is 12.3 Å². The van der Waals surface area contributed by atoms with Gasteiger partial charge in [0.1, 0.15) is 11.6 Å². The van der Waals surface area contributed by atoms with Gasteiger partial charge in [-0.15, -0.1) is 0 Å². The zero-order valence-corrected chi connectivity index (χ0v) is 10.1. The van der Waals surface area contributed by atoms with Crippen molar-refractivity contribution in [2.45, 2.75) is 19.3 Å². The number of rotatable bonds is 7. The normalized spacial score (nSPS) is 9.63. The number of nitrogens with one attached hydrogen (secondary N) is 1. The molecule has 0 aliphatic carbocycles. The van der Waals surface area contributed by atoms with Gasteiger partial charge < -0.3 is 11.1 Å². The van der Waals surface area contributed by atoms with E-state index in [9.17, 15) is 14.9 Å². The molecule has 0 fully saturated rings. The lowest BCUT2D eigenvalue weighted by Gasteiger charge is -2.06. The van der Waals surface area contributed by atoms with Gasteiger partial charge in [0.25, 0.3) is 0 Å². The number of nitrogens with zero attached hydrogens (tertiary/aromatic N) is 3. The summed E-state index contributed by atoms with van der Waals surface area (Å²) in [7, 11) is 0. The maximum atomic E-state index is 10.9. The van der Waals surface area contributed by atoms with Crippen LogP contribution in [0, 0.1) is 21.4 Å². The minimum absolute atomic E-state index is 0.0420. The van der Waals surface area contributed by atoms with Gasteiger partial charge in [-0.1, -0.05) is 0 Å². The molecule has 8 heteroatoms. The third kappa shape index (κ3) is 4.23. The zero-order valence-electron chi connectivity index (χ0n) is 10.1. The lowest BCUT2D eigenvalue weighted by atomic mass is 10.2. The zero-order chi connectivity index (χ0) is 14.3. The maximum absolute atomic E-state index is 10.9. The van der Waals surface area contributed by atoms with Crippen LogP contribution < -0.4 is 11.1 Å². The molecule has 1 heterocycles. The molecule has 8 nitrogen and oxygen atoms in total. The molecule has 0 unspecified atom stereocenters. The third-order valence-corrected chi connectivity index (χ3v) is 2.37. The maximum Gasteiger partial charge on any atom is 0.328 e. The standard InChI is InChI=1S/C11H13N5O3/c12-7-8-4-6-15-11(10(8)16(18)19)14-5-2-1-3-9(13)17/h4,6H,1-3,5H2,(H2,13,17)(H,14,15). The molecule has 1 rings (SSSR count). The van der Waals surface area contributed by atoms with Gasteiger partial charge in [0.2, 0.25) is 11.7 Å². The van der Waals surface area contributed by atoms with Gasteiger partial charge in [-0.3, -0.25) is 14.9 Å². The fraction of sp³-hybridized carbons (Fsp3) is 0.364. The molecule has 0 saturated heterocycles. The molecule has 0 aliphatic heterocycles. The Balaban J connectivity index is 2.66. The number of aromatic nitrogens is 1. The molecule has 1 aromatic heterocycles. The number of amides is 1. The Hall–Kier alpha value is -2.69. The Kier molecular flexibility index (Phi) is 5.22. The van der Waals surface area contributed by atoms with Gasteiger partial charge in [0, 0.05) is 19.2 Å². The van der Waals surface area contributed by atoms with Gasteiger partial charge in [0.15, 0.2) is 0 Å². The number of nitro groups is 1. The van der Waals surface area contributed by atoms with E-state index in [0.29, 0.717) is 19.4 Å². The van der Waals surface area contributed by atoms with Crippen LogP contribution in [0.3, 0.4) is 0 Å². The molecule has 0 atom stereocenters. The molecule has 100 valence electrons. The van der Waals surface area contributed by atoms with Gasteiger partial charge in [-0.05, 0) is 18.9 Å². The van der Waals surface area contributed by atoms with Crippen LogP contribution in [-0.4, -0.2) is 22.4 Å². The van der Waals surface area contributed by atoms with Crippen LogP contribution in [0.1, 0.15) is 24.8 Å². The number of nitrogens with two attached hydrogens (primary N) is 1. The van der Waals surface area contributed by atoms with Gasteiger partial charge >= 0.3 is 5.69 Å². The number of carbonyl (C=O) groups is 1. The number of hydrogen-bond acceptors (Lipinski definition) is 6. The van der Waals surface area contributed by atoms with Crippen LogP contribution in [-0.2, 0) is 4.79 Å². The summed E-state index contributed by atoms with van der Waals surface area (Å²) < 4.78 is 0. The van der Waals surface area contributed by atoms with Crippen LogP contribution in [0.5, 0.6) is 0 Å². The molecule has 1 amide bonds. The quantitative estimate of drug-likeness (QED) is 0.426. The lowest BCUT2D eigenvalue weighted by Crippen LogP contribution is -2.11. The van der Waals surface area contributed by atoms with Crippen LogP contribution in [0.25, 0.3) is 0 Å². The van der Waals surface area contributed by atoms with Crippen molar-refractivity contribution in [2.75, 3.05) is 11.9 Å². The topological polar surface area (TPSA) is 135 Å². The van der Waals surface area contributed by atoms with E-state index in [1.807, 2.05) is 0 Å². The summed E-state index contributed by atoms with van der Waals surface area (Å²) in [5.74, 6) is -0.321. The highest BCUT2D eigenvalue weighted by Gasteiger charge is 2.20. The second kappa shape index (κ2) is 6.90. The average molecular weight is 263 g/mol. The van der Waals surface area contributed by atoms with Crippen molar-refractivity contribution < 1.29 is 9.72 Å². The van der Waals surface area contributed by atoms with E-state index >= 15 is 0 Å². The molecule has 0 radical (unpaired) electrons. The van der Waals surface area contributed by atoms with E-state index in [4.69, 9.17) is 11.0 Å². The third-order valence-electron chi connectivity index (χ3n) is 2.37. The Morgan fingerprint density at radius 1 is 1.58 bits per heavy atom. The van der Waals surface area contributed by atoms with Crippen molar-refractivity contribution >= 4 is 17.4 Å². The monoisotopic (exact) mass is 263 g/mol. The SMILES string of the molecule is N#Cc1ccnc(NCCCCC(N)=O)c1[N+](=O)[O-]. The van der Waals surface area contributed by atoms with E-state index in [1.54, 1.807) is 6.07 Å². The second-order valence-electron chi connectivity index (χ2n) is 3.77. The largest absolute Gasteiger partial charge is 0.370 e. The predicted molar refractivity (Wildman–Crippen MR) is 67.1 cm³/mol. The summed E-state index contributed by atoms with van der Waals surface area (Å²) in [5, 5.41) is 22.5. The van der Waals surface area contributed by atoms with Crippen LogP contribution in [0.2, 0.25) is 0 Å². The number of primary amides is 1. The first-order valence-electron chi connectivity index (χ1n) is 5.62. The summed E-state index contributed by atoms with van der Waals surface area (Å²) in [6.07, 6.45) is 2.82. The molecule has 3 N–H and O–H groups in total. The first-order valence-corrected chi connectivity index (χ1v) is 5.62. The van der Waals surface area contributed by atoms with E-state index in [2.05, 4.69) is 10.3 Å². The fourth-order valence-corrected chi connectivity index (χ4v) is 1.49. The number of nitriles is 1. The molecular weight excluding hydrogens is 250 g/mol. The van der Waals surface area contributed by atoms with E-state index in [-0.39, 0.29) is 29.4 Å². The number of hydrogen-bond donors (Lipinski definition) is 2. The van der Waals surface area contributed by atoms with Crippen molar-refractivity contribution in [3.05, 3.63) is 27.9 Å². The fourth-order valence-electron chi connectivity index (χ4n) is 1.49. The average Bonchev–Trinajstić information content (AvgIpc) is 2.37. The molecule has 1 aromatic rings. The van der Waals surface area contributed by atoms with Crippen LogP contribution in [0.4, 0.5) is 11.5 Å². The smallest absolute Gasteiger partial charge is 0.328 e. The summed E-state index contributed by atoms with van der Waals surface area (Å²) in [6.45, 7) is 0.413.